The normalized spacial score (nSPS) is 16.6. The number of hydrogen-bond donors (Lipinski definition) is 1. The highest BCUT2D eigenvalue weighted by Crippen LogP contribution is 2.32. The van der Waals surface area contributed by atoms with Crippen LogP contribution >= 0.6 is 0 Å². The van der Waals surface area contributed by atoms with Gasteiger partial charge in [-0.2, -0.15) is 0 Å². The SMILES string of the molecule is COc1ccc2c(c1)CCC[C@@H]2NC(=O)c1ccc(C)cc1C. The molecule has 0 bridgehead atoms. The van der Waals surface area contributed by atoms with Crippen molar-refractivity contribution in [3.8, 4) is 5.75 Å². The summed E-state index contributed by atoms with van der Waals surface area (Å²) in [6.07, 6.45) is 3.11. The van der Waals surface area contributed by atoms with Gasteiger partial charge in [-0.25, -0.2) is 0 Å². The molecule has 1 amide bonds. The largest absolute Gasteiger partial charge is 0.497 e. The van der Waals surface area contributed by atoms with Crippen LogP contribution in [0.25, 0.3) is 0 Å². The van der Waals surface area contributed by atoms with Crippen molar-refractivity contribution < 1.29 is 9.53 Å². The molecule has 0 spiro atoms. The van der Waals surface area contributed by atoms with Crippen molar-refractivity contribution >= 4 is 5.91 Å². The Bertz CT molecular complexity index is 736. The van der Waals surface area contributed by atoms with Gasteiger partial charge >= 0.3 is 0 Å². The van der Waals surface area contributed by atoms with E-state index in [4.69, 9.17) is 4.74 Å². The summed E-state index contributed by atoms with van der Waals surface area (Å²) in [4.78, 5) is 12.6. The molecule has 2 aromatic rings. The van der Waals surface area contributed by atoms with Gasteiger partial charge in [0.2, 0.25) is 0 Å². The number of hydrogen-bond acceptors (Lipinski definition) is 2. The van der Waals surface area contributed by atoms with Gasteiger partial charge in [-0.15, -0.1) is 0 Å². The third-order valence-corrected chi connectivity index (χ3v) is 4.60. The lowest BCUT2D eigenvalue weighted by molar-refractivity contribution is 0.0932. The molecule has 0 aliphatic heterocycles. The first-order valence-electron chi connectivity index (χ1n) is 8.13. The summed E-state index contributed by atoms with van der Waals surface area (Å²) >= 11 is 0. The van der Waals surface area contributed by atoms with E-state index in [1.54, 1.807) is 7.11 Å². The molecule has 3 rings (SSSR count). The van der Waals surface area contributed by atoms with Crippen LogP contribution in [0.5, 0.6) is 5.75 Å². The first kappa shape index (κ1) is 15.6. The van der Waals surface area contributed by atoms with E-state index < -0.39 is 0 Å². The average Bonchev–Trinajstić information content (AvgIpc) is 2.54. The van der Waals surface area contributed by atoms with Gasteiger partial charge in [0, 0.05) is 5.56 Å². The van der Waals surface area contributed by atoms with Crippen molar-refractivity contribution in [1.82, 2.24) is 5.32 Å². The van der Waals surface area contributed by atoms with Crippen LogP contribution in [0.3, 0.4) is 0 Å². The third-order valence-electron chi connectivity index (χ3n) is 4.60. The first-order valence-corrected chi connectivity index (χ1v) is 8.13. The zero-order valence-electron chi connectivity index (χ0n) is 14.0. The number of benzene rings is 2. The molecule has 0 saturated carbocycles. The topological polar surface area (TPSA) is 38.3 Å². The molecule has 0 fully saturated rings. The van der Waals surface area contributed by atoms with Gasteiger partial charge in [-0.3, -0.25) is 4.79 Å². The van der Waals surface area contributed by atoms with E-state index in [-0.39, 0.29) is 11.9 Å². The van der Waals surface area contributed by atoms with Crippen LogP contribution in [0.2, 0.25) is 0 Å². The van der Waals surface area contributed by atoms with Gasteiger partial charge in [0.25, 0.3) is 5.91 Å². The van der Waals surface area contributed by atoms with Gasteiger partial charge < -0.3 is 10.1 Å². The molecule has 0 saturated heterocycles. The number of nitrogens with one attached hydrogen (secondary N) is 1. The minimum atomic E-state index is 0.0103. The standard InChI is InChI=1S/C20H23NO2/c1-13-7-9-17(14(2)11-13)20(22)21-19-6-4-5-15-12-16(23-3)8-10-18(15)19/h7-12,19H,4-6H2,1-3H3,(H,21,22)/t19-/m0/s1. The number of carbonyl (C=O) groups excluding carboxylic acids is 1. The molecule has 1 aliphatic rings. The van der Waals surface area contributed by atoms with Crippen LogP contribution in [0.1, 0.15) is 51.5 Å². The lowest BCUT2D eigenvalue weighted by Gasteiger charge is -2.27. The molecule has 120 valence electrons. The van der Waals surface area contributed by atoms with Crippen LogP contribution in [0.15, 0.2) is 36.4 Å². The molecular formula is C20H23NO2. The molecule has 3 nitrogen and oxygen atoms in total. The highest BCUT2D eigenvalue weighted by molar-refractivity contribution is 5.96. The predicted molar refractivity (Wildman–Crippen MR) is 92.1 cm³/mol. The summed E-state index contributed by atoms with van der Waals surface area (Å²) in [6, 6.07) is 12.2. The second-order valence-corrected chi connectivity index (χ2v) is 6.30. The zero-order valence-corrected chi connectivity index (χ0v) is 14.0. The van der Waals surface area contributed by atoms with Crippen LogP contribution in [0.4, 0.5) is 0 Å². The Kier molecular flexibility index (Phi) is 4.37. The molecule has 0 unspecified atom stereocenters. The summed E-state index contributed by atoms with van der Waals surface area (Å²) in [5, 5.41) is 3.21. The lowest BCUT2D eigenvalue weighted by Crippen LogP contribution is -2.31. The first-order chi connectivity index (χ1) is 11.1. The quantitative estimate of drug-likeness (QED) is 0.926. The maximum Gasteiger partial charge on any atom is 0.252 e. The van der Waals surface area contributed by atoms with Crippen molar-refractivity contribution in [1.29, 1.82) is 0 Å². The van der Waals surface area contributed by atoms with E-state index in [0.29, 0.717) is 0 Å². The number of fused-ring (bicyclic) bond motifs is 1. The second-order valence-electron chi connectivity index (χ2n) is 6.30. The number of aryl methyl sites for hydroxylation is 3. The molecule has 3 heteroatoms. The Labute approximate surface area is 137 Å². The Morgan fingerprint density at radius 3 is 2.74 bits per heavy atom. The monoisotopic (exact) mass is 309 g/mol. The van der Waals surface area contributed by atoms with Crippen molar-refractivity contribution in [3.63, 3.8) is 0 Å². The third kappa shape index (κ3) is 3.24. The summed E-state index contributed by atoms with van der Waals surface area (Å²) in [5.41, 5.74) is 5.45. The predicted octanol–water partition coefficient (Wildman–Crippen LogP) is 4.12. The molecule has 23 heavy (non-hydrogen) atoms. The van der Waals surface area contributed by atoms with Crippen LogP contribution in [-0.4, -0.2) is 13.0 Å². The fraction of sp³-hybridized carbons (Fsp3) is 0.350. The van der Waals surface area contributed by atoms with E-state index in [1.165, 1.54) is 16.7 Å². The minimum Gasteiger partial charge on any atom is -0.497 e. The molecule has 2 aromatic carbocycles. The van der Waals surface area contributed by atoms with E-state index in [9.17, 15) is 4.79 Å². The lowest BCUT2D eigenvalue weighted by atomic mass is 9.87. The fourth-order valence-electron chi connectivity index (χ4n) is 3.37. The average molecular weight is 309 g/mol. The molecule has 0 heterocycles. The highest BCUT2D eigenvalue weighted by Gasteiger charge is 2.23. The number of methoxy groups -OCH3 is 1. The van der Waals surface area contributed by atoms with E-state index in [1.807, 2.05) is 32.0 Å². The van der Waals surface area contributed by atoms with Gasteiger partial charge in [0.15, 0.2) is 0 Å². The van der Waals surface area contributed by atoms with E-state index >= 15 is 0 Å². The molecule has 1 atom stereocenters. The van der Waals surface area contributed by atoms with Crippen molar-refractivity contribution in [2.75, 3.05) is 7.11 Å². The zero-order chi connectivity index (χ0) is 16.4. The summed E-state index contributed by atoms with van der Waals surface area (Å²) in [5.74, 6) is 0.890. The number of amides is 1. The molecule has 0 aromatic heterocycles. The van der Waals surface area contributed by atoms with Crippen LogP contribution < -0.4 is 10.1 Å². The maximum atomic E-state index is 12.6. The summed E-state index contributed by atoms with van der Waals surface area (Å²) in [6.45, 7) is 4.03. The van der Waals surface area contributed by atoms with Gasteiger partial charge in [-0.05, 0) is 68.0 Å². The van der Waals surface area contributed by atoms with Gasteiger partial charge in [0.05, 0.1) is 13.2 Å². The smallest absolute Gasteiger partial charge is 0.252 e. The van der Waals surface area contributed by atoms with Gasteiger partial charge in [0.1, 0.15) is 5.75 Å². The second kappa shape index (κ2) is 6.45. The molecular weight excluding hydrogens is 286 g/mol. The van der Waals surface area contributed by atoms with Crippen LogP contribution in [-0.2, 0) is 6.42 Å². The molecule has 0 radical (unpaired) electrons. The Hall–Kier alpha value is -2.29. The van der Waals surface area contributed by atoms with E-state index in [0.717, 1.165) is 36.1 Å². The van der Waals surface area contributed by atoms with Crippen molar-refractivity contribution in [2.24, 2.45) is 0 Å². The number of carbonyl (C=O) groups is 1. The van der Waals surface area contributed by atoms with Crippen molar-refractivity contribution in [2.45, 2.75) is 39.2 Å². The summed E-state index contributed by atoms with van der Waals surface area (Å²) in [7, 11) is 1.68. The van der Waals surface area contributed by atoms with Crippen molar-refractivity contribution in [3.05, 3.63) is 64.2 Å². The Morgan fingerprint density at radius 2 is 2.00 bits per heavy atom. The summed E-state index contributed by atoms with van der Waals surface area (Å²) < 4.78 is 5.31. The molecule has 1 N–H and O–H groups in total. The fourth-order valence-corrected chi connectivity index (χ4v) is 3.37. The van der Waals surface area contributed by atoms with Gasteiger partial charge in [-0.1, -0.05) is 23.8 Å². The minimum absolute atomic E-state index is 0.0103. The highest BCUT2D eigenvalue weighted by atomic mass is 16.5. The molecule has 1 aliphatic carbocycles. The maximum absolute atomic E-state index is 12.6. The van der Waals surface area contributed by atoms with E-state index in [2.05, 4.69) is 23.5 Å². The number of ether oxygens (including phenoxy) is 1. The Morgan fingerprint density at radius 1 is 1.17 bits per heavy atom. The van der Waals surface area contributed by atoms with Crippen LogP contribution in [0, 0.1) is 13.8 Å². The Balaban J connectivity index is 1.83. The number of rotatable bonds is 3.